The maximum atomic E-state index is 11.8. The Morgan fingerprint density at radius 3 is 1.82 bits per heavy atom. The molecule has 0 N–H and O–H groups in total. The molecule has 2 aromatic rings. The summed E-state index contributed by atoms with van der Waals surface area (Å²) in [6.45, 7) is 3.98. The molecule has 2 rings (SSSR count). The van der Waals surface area contributed by atoms with E-state index in [1.807, 2.05) is 50.2 Å². The van der Waals surface area contributed by atoms with Gasteiger partial charge < -0.3 is 5.21 Å². The Bertz CT molecular complexity index is 527. The lowest BCUT2D eigenvalue weighted by molar-refractivity contribution is -0.435. The highest BCUT2D eigenvalue weighted by Gasteiger charge is 2.02. The number of hydrogen-bond donors (Lipinski definition) is 0. The van der Waals surface area contributed by atoms with Crippen LogP contribution in [0.1, 0.15) is 11.1 Å². The van der Waals surface area contributed by atoms with Gasteiger partial charge in [-0.3, -0.25) is 0 Å². The van der Waals surface area contributed by atoms with Crippen LogP contribution in [0, 0.1) is 19.1 Å². The first-order valence-corrected chi connectivity index (χ1v) is 5.47. The number of nitrogens with zero attached hydrogens (tertiary/aromatic N) is 2. The lowest BCUT2D eigenvalue weighted by atomic mass is 10.2. The number of benzene rings is 2. The fourth-order valence-corrected chi connectivity index (χ4v) is 1.45. The van der Waals surface area contributed by atoms with Crippen molar-refractivity contribution in [2.24, 2.45) is 5.11 Å². The summed E-state index contributed by atoms with van der Waals surface area (Å²) in [4.78, 5) is 0.643. The zero-order valence-electron chi connectivity index (χ0n) is 9.92. The average Bonchev–Trinajstić information content (AvgIpc) is 2.33. The van der Waals surface area contributed by atoms with Gasteiger partial charge in [-0.25, -0.2) is 0 Å². The third-order valence-electron chi connectivity index (χ3n) is 2.50. The van der Waals surface area contributed by atoms with Gasteiger partial charge in [-0.05, 0) is 26.0 Å². The Labute approximate surface area is 101 Å². The third-order valence-corrected chi connectivity index (χ3v) is 2.50. The van der Waals surface area contributed by atoms with Gasteiger partial charge in [-0.1, -0.05) is 40.3 Å². The molecule has 0 spiro atoms. The van der Waals surface area contributed by atoms with Crippen LogP contribution in [0.25, 0.3) is 0 Å². The van der Waals surface area contributed by atoms with E-state index >= 15 is 0 Å². The minimum Gasteiger partial charge on any atom is -0.594 e. The van der Waals surface area contributed by atoms with Gasteiger partial charge in [0.2, 0.25) is 5.69 Å². The summed E-state index contributed by atoms with van der Waals surface area (Å²) in [5.74, 6) is 0. The van der Waals surface area contributed by atoms with Crippen molar-refractivity contribution in [3.05, 3.63) is 64.9 Å². The van der Waals surface area contributed by atoms with Crippen molar-refractivity contribution in [2.45, 2.75) is 13.8 Å². The van der Waals surface area contributed by atoms with Crippen molar-refractivity contribution >= 4 is 11.4 Å². The van der Waals surface area contributed by atoms with E-state index in [-0.39, 0.29) is 0 Å². The van der Waals surface area contributed by atoms with Gasteiger partial charge in [0.1, 0.15) is 5.69 Å². The van der Waals surface area contributed by atoms with Crippen LogP contribution in [-0.2, 0) is 0 Å². The Morgan fingerprint density at radius 1 is 0.824 bits per heavy atom. The molecule has 17 heavy (non-hydrogen) atoms. The van der Waals surface area contributed by atoms with Gasteiger partial charge in [0, 0.05) is 17.2 Å². The van der Waals surface area contributed by atoms with Gasteiger partial charge in [0.25, 0.3) is 0 Å². The van der Waals surface area contributed by atoms with Crippen molar-refractivity contribution in [3.63, 3.8) is 0 Å². The molecule has 86 valence electrons. The summed E-state index contributed by atoms with van der Waals surface area (Å²) in [6, 6.07) is 14.8. The van der Waals surface area contributed by atoms with Gasteiger partial charge in [0.15, 0.2) is 0 Å². The highest BCUT2D eigenvalue weighted by molar-refractivity contribution is 5.38. The van der Waals surface area contributed by atoms with Crippen LogP contribution in [-0.4, -0.2) is 4.86 Å². The van der Waals surface area contributed by atoms with Gasteiger partial charge in [-0.15, -0.1) is 0 Å². The molecule has 0 radical (unpaired) electrons. The fourth-order valence-electron chi connectivity index (χ4n) is 1.45. The van der Waals surface area contributed by atoms with Crippen LogP contribution >= 0.6 is 0 Å². The van der Waals surface area contributed by atoms with Crippen molar-refractivity contribution in [1.82, 2.24) is 0 Å². The van der Waals surface area contributed by atoms with Crippen LogP contribution < -0.4 is 0 Å². The predicted molar refractivity (Wildman–Crippen MR) is 67.7 cm³/mol. The van der Waals surface area contributed by atoms with E-state index in [0.717, 1.165) is 11.1 Å². The zero-order chi connectivity index (χ0) is 12.3. The third kappa shape index (κ3) is 2.91. The van der Waals surface area contributed by atoms with Crippen molar-refractivity contribution in [1.29, 1.82) is 0 Å². The molecule has 0 aliphatic carbocycles. The van der Waals surface area contributed by atoms with Gasteiger partial charge in [0.05, 0.1) is 0 Å². The number of aryl methyl sites for hydroxylation is 2. The molecule has 0 bridgehead atoms. The molecule has 0 atom stereocenters. The zero-order valence-corrected chi connectivity index (χ0v) is 9.92. The summed E-state index contributed by atoms with van der Waals surface area (Å²) < 4.78 is 0. The van der Waals surface area contributed by atoms with Crippen molar-refractivity contribution in [3.8, 4) is 0 Å². The second-order valence-corrected chi connectivity index (χ2v) is 4.04. The lowest BCUT2D eigenvalue weighted by Gasteiger charge is -2.00. The summed E-state index contributed by atoms with van der Waals surface area (Å²) in [5, 5.41) is 15.7. The first kappa shape index (κ1) is 11.3. The Morgan fingerprint density at radius 2 is 1.29 bits per heavy atom. The number of azo groups is 1. The Hall–Kier alpha value is -2.16. The molecule has 0 fully saturated rings. The fraction of sp³-hybridized carbons (Fsp3) is 0.143. The summed E-state index contributed by atoms with van der Waals surface area (Å²) in [7, 11) is 0. The molecule has 0 saturated heterocycles. The largest absolute Gasteiger partial charge is 0.594 e. The summed E-state index contributed by atoms with van der Waals surface area (Å²) in [6.07, 6.45) is 0. The maximum absolute atomic E-state index is 11.8. The molecule has 0 saturated carbocycles. The predicted octanol–water partition coefficient (Wildman–Crippen LogP) is 4.23. The second kappa shape index (κ2) is 4.78. The van der Waals surface area contributed by atoms with Crippen LogP contribution in [0.5, 0.6) is 0 Å². The average molecular weight is 226 g/mol. The SMILES string of the molecule is Cc1ccc(/N=[N+](\[O-])c2ccc(C)cc2)cc1. The van der Waals surface area contributed by atoms with Crippen molar-refractivity contribution in [2.75, 3.05) is 0 Å². The first-order chi connectivity index (χ1) is 8.15. The quantitative estimate of drug-likeness (QED) is 0.429. The minimum absolute atomic E-state index is 0.538. The van der Waals surface area contributed by atoms with E-state index < -0.39 is 0 Å². The monoisotopic (exact) mass is 226 g/mol. The Balaban J connectivity index is 2.27. The van der Waals surface area contributed by atoms with Crippen LogP contribution in [0.2, 0.25) is 0 Å². The van der Waals surface area contributed by atoms with Crippen LogP contribution in [0.15, 0.2) is 53.6 Å². The molecule has 0 aliphatic rings. The Kier molecular flexibility index (Phi) is 3.19. The van der Waals surface area contributed by atoms with Gasteiger partial charge in [-0.2, -0.15) is 0 Å². The molecule has 0 aliphatic heterocycles. The highest BCUT2D eigenvalue weighted by atomic mass is 16.5. The van der Waals surface area contributed by atoms with E-state index in [0.29, 0.717) is 16.2 Å². The van der Waals surface area contributed by atoms with Crippen LogP contribution in [0.3, 0.4) is 0 Å². The molecule has 3 heteroatoms. The number of rotatable bonds is 2. The van der Waals surface area contributed by atoms with Crippen molar-refractivity contribution < 1.29 is 4.86 Å². The minimum atomic E-state index is 0.538. The summed E-state index contributed by atoms with van der Waals surface area (Å²) >= 11 is 0. The maximum Gasteiger partial charge on any atom is 0.244 e. The van der Waals surface area contributed by atoms with E-state index in [9.17, 15) is 5.21 Å². The lowest BCUT2D eigenvalue weighted by Crippen LogP contribution is -1.90. The van der Waals surface area contributed by atoms with E-state index in [1.165, 1.54) is 0 Å². The normalized spacial score (nSPS) is 11.5. The number of hydrogen-bond acceptors (Lipinski definition) is 2. The van der Waals surface area contributed by atoms with Gasteiger partial charge >= 0.3 is 0 Å². The molecule has 2 aromatic carbocycles. The van der Waals surface area contributed by atoms with Crippen LogP contribution in [0.4, 0.5) is 11.4 Å². The first-order valence-electron chi connectivity index (χ1n) is 5.47. The molecule has 3 nitrogen and oxygen atoms in total. The molecular formula is C14H14N2O. The standard InChI is InChI=1S/C14H14N2O/c1-11-3-7-13(8-4-11)15-16(17)14-9-5-12(2)6-10-14/h3-10H,1-2H3/b16-15-. The smallest absolute Gasteiger partial charge is 0.244 e. The molecular weight excluding hydrogens is 212 g/mol. The summed E-state index contributed by atoms with van der Waals surface area (Å²) in [5.41, 5.74) is 3.47. The molecule has 0 amide bonds. The van der Waals surface area contributed by atoms with E-state index in [1.54, 1.807) is 12.1 Å². The molecule has 0 unspecified atom stereocenters. The van der Waals surface area contributed by atoms with E-state index in [2.05, 4.69) is 5.11 Å². The molecule has 0 aromatic heterocycles. The second-order valence-electron chi connectivity index (χ2n) is 4.04. The molecule has 0 heterocycles. The highest BCUT2D eigenvalue weighted by Crippen LogP contribution is 2.18. The topological polar surface area (TPSA) is 38.4 Å². The van der Waals surface area contributed by atoms with E-state index in [4.69, 9.17) is 0 Å².